The minimum absolute atomic E-state index is 0.0161. The lowest BCUT2D eigenvalue weighted by molar-refractivity contribution is -0.384. The Morgan fingerprint density at radius 3 is 2.79 bits per heavy atom. The smallest absolute Gasteiger partial charge is 0.269 e. The van der Waals surface area contributed by atoms with Gasteiger partial charge in [0.15, 0.2) is 0 Å². The Morgan fingerprint density at radius 1 is 1.38 bits per heavy atom. The summed E-state index contributed by atoms with van der Waals surface area (Å²) in [7, 11) is 0. The predicted octanol–water partition coefficient (Wildman–Crippen LogP) is 0.791. The van der Waals surface area contributed by atoms with Crippen molar-refractivity contribution in [3.8, 4) is 11.4 Å². The van der Waals surface area contributed by atoms with Gasteiger partial charge in [-0.25, -0.2) is 0 Å². The largest absolute Gasteiger partial charge is 0.382 e. The minimum atomic E-state index is -0.482. The number of nitro benzene ring substituents is 1. The zero-order valence-corrected chi connectivity index (χ0v) is 13.2. The number of nitrogens with zero attached hydrogens (tertiary/aromatic N) is 5. The number of carbonyl (C=O) groups excluding carboxylic acids is 1. The molecule has 2 aromatic rings. The van der Waals surface area contributed by atoms with Crippen molar-refractivity contribution in [2.45, 2.75) is 19.9 Å². The third-order valence-electron chi connectivity index (χ3n) is 3.07. The highest BCUT2D eigenvalue weighted by atomic mass is 16.6. The highest BCUT2D eigenvalue weighted by Gasteiger charge is 2.11. The summed E-state index contributed by atoms with van der Waals surface area (Å²) in [6, 6.07) is 5.79. The number of benzene rings is 1. The van der Waals surface area contributed by atoms with Gasteiger partial charge in [0.25, 0.3) is 5.69 Å². The maximum Gasteiger partial charge on any atom is 0.269 e. The lowest BCUT2D eigenvalue weighted by Gasteiger charge is -2.04. The summed E-state index contributed by atoms with van der Waals surface area (Å²) in [5.74, 6) is 0.0770. The van der Waals surface area contributed by atoms with Crippen molar-refractivity contribution in [3.05, 3.63) is 34.4 Å². The SMILES string of the molecule is CCOCCCNC(=O)Cn1nnc(-c2ccc([N+](=O)[O-])cc2)n1. The molecule has 10 nitrogen and oxygen atoms in total. The Balaban J connectivity index is 1.86. The Hall–Kier alpha value is -2.88. The van der Waals surface area contributed by atoms with E-state index >= 15 is 0 Å². The van der Waals surface area contributed by atoms with Crippen LogP contribution in [0.1, 0.15) is 13.3 Å². The van der Waals surface area contributed by atoms with Crippen LogP contribution in [0.3, 0.4) is 0 Å². The molecule has 0 spiro atoms. The molecular weight excluding hydrogens is 316 g/mol. The van der Waals surface area contributed by atoms with Crippen LogP contribution in [0.2, 0.25) is 0 Å². The normalized spacial score (nSPS) is 10.5. The summed E-state index contributed by atoms with van der Waals surface area (Å²) in [6.07, 6.45) is 0.735. The fourth-order valence-corrected chi connectivity index (χ4v) is 1.89. The van der Waals surface area contributed by atoms with Gasteiger partial charge in [-0.3, -0.25) is 14.9 Å². The maximum absolute atomic E-state index is 11.8. The van der Waals surface area contributed by atoms with Crippen molar-refractivity contribution in [1.29, 1.82) is 0 Å². The molecule has 0 aliphatic heterocycles. The number of aromatic nitrogens is 4. The second-order valence-electron chi connectivity index (χ2n) is 4.85. The van der Waals surface area contributed by atoms with Crippen LogP contribution in [0.25, 0.3) is 11.4 Å². The number of nitrogens with one attached hydrogen (secondary N) is 1. The third kappa shape index (κ3) is 5.09. The molecule has 0 atom stereocenters. The van der Waals surface area contributed by atoms with E-state index in [1.54, 1.807) is 0 Å². The van der Waals surface area contributed by atoms with E-state index in [1.165, 1.54) is 29.1 Å². The molecule has 0 aliphatic rings. The van der Waals surface area contributed by atoms with Crippen molar-refractivity contribution in [1.82, 2.24) is 25.5 Å². The molecule has 1 N–H and O–H groups in total. The third-order valence-corrected chi connectivity index (χ3v) is 3.07. The second-order valence-corrected chi connectivity index (χ2v) is 4.85. The van der Waals surface area contributed by atoms with Gasteiger partial charge in [0, 0.05) is 37.5 Å². The number of hydrogen-bond donors (Lipinski definition) is 1. The Bertz CT molecular complexity index is 685. The van der Waals surface area contributed by atoms with E-state index in [9.17, 15) is 14.9 Å². The molecule has 0 aliphatic carbocycles. The molecule has 1 amide bonds. The molecule has 0 radical (unpaired) electrons. The first kappa shape index (κ1) is 17.5. The molecule has 0 fully saturated rings. The van der Waals surface area contributed by atoms with Gasteiger partial charge in [0.1, 0.15) is 6.54 Å². The maximum atomic E-state index is 11.8. The zero-order valence-electron chi connectivity index (χ0n) is 13.2. The van der Waals surface area contributed by atoms with Crippen LogP contribution in [0.5, 0.6) is 0 Å². The lowest BCUT2D eigenvalue weighted by Crippen LogP contribution is -2.29. The van der Waals surface area contributed by atoms with Crippen molar-refractivity contribution in [2.24, 2.45) is 0 Å². The van der Waals surface area contributed by atoms with Gasteiger partial charge in [0.2, 0.25) is 11.7 Å². The Labute approximate surface area is 138 Å². The number of hydrogen-bond acceptors (Lipinski definition) is 7. The summed E-state index contributed by atoms with van der Waals surface area (Å²) < 4.78 is 5.18. The van der Waals surface area contributed by atoms with Crippen LogP contribution < -0.4 is 5.32 Å². The Kier molecular flexibility index (Phi) is 6.32. The molecule has 0 bridgehead atoms. The average Bonchev–Trinajstić information content (AvgIpc) is 3.03. The standard InChI is InChI=1S/C14H18N6O4/c1-2-24-9-3-8-15-13(21)10-19-17-14(16-18-19)11-4-6-12(7-5-11)20(22)23/h4-7H,2-3,8-10H2,1H3,(H,15,21). The topological polar surface area (TPSA) is 125 Å². The molecule has 24 heavy (non-hydrogen) atoms. The van der Waals surface area contributed by atoms with Crippen LogP contribution in [-0.4, -0.2) is 50.8 Å². The molecule has 128 valence electrons. The molecule has 0 saturated heterocycles. The summed E-state index contributed by atoms with van der Waals surface area (Å²) in [6.45, 7) is 3.64. The number of carbonyl (C=O) groups is 1. The quantitative estimate of drug-likeness (QED) is 0.408. The Morgan fingerprint density at radius 2 is 2.12 bits per heavy atom. The number of amides is 1. The first-order chi connectivity index (χ1) is 11.6. The van der Waals surface area contributed by atoms with Crippen LogP contribution in [0, 0.1) is 10.1 Å². The molecule has 1 heterocycles. The van der Waals surface area contributed by atoms with Crippen molar-refractivity contribution in [3.63, 3.8) is 0 Å². The summed E-state index contributed by atoms with van der Waals surface area (Å²) >= 11 is 0. The van der Waals surface area contributed by atoms with Gasteiger partial charge in [-0.2, -0.15) is 4.80 Å². The number of ether oxygens (including phenoxy) is 1. The average molecular weight is 334 g/mol. The van der Waals surface area contributed by atoms with E-state index in [0.29, 0.717) is 31.1 Å². The van der Waals surface area contributed by atoms with E-state index in [1.807, 2.05) is 6.92 Å². The molecule has 10 heteroatoms. The number of tetrazole rings is 1. The number of non-ortho nitro benzene ring substituents is 1. The summed E-state index contributed by atoms with van der Waals surface area (Å²) in [5.41, 5.74) is 0.571. The second kappa shape index (κ2) is 8.67. The first-order valence-electron chi connectivity index (χ1n) is 7.47. The van der Waals surface area contributed by atoms with Crippen LogP contribution >= 0.6 is 0 Å². The summed E-state index contributed by atoms with van der Waals surface area (Å²) in [5, 5.41) is 25.1. The molecule has 0 saturated carbocycles. The fourth-order valence-electron chi connectivity index (χ4n) is 1.89. The van der Waals surface area contributed by atoms with Crippen molar-refractivity contribution >= 4 is 11.6 Å². The molecule has 0 unspecified atom stereocenters. The van der Waals surface area contributed by atoms with Crippen molar-refractivity contribution < 1.29 is 14.5 Å². The van der Waals surface area contributed by atoms with Gasteiger partial charge in [0.05, 0.1) is 4.92 Å². The molecule has 1 aromatic heterocycles. The van der Waals surface area contributed by atoms with Gasteiger partial charge in [-0.05, 0) is 30.7 Å². The number of rotatable bonds is 9. The van der Waals surface area contributed by atoms with Gasteiger partial charge < -0.3 is 10.1 Å². The minimum Gasteiger partial charge on any atom is -0.382 e. The molecular formula is C14H18N6O4. The van der Waals surface area contributed by atoms with E-state index in [2.05, 4.69) is 20.7 Å². The van der Waals surface area contributed by atoms with Gasteiger partial charge in [-0.15, -0.1) is 10.2 Å². The first-order valence-corrected chi connectivity index (χ1v) is 7.47. The van der Waals surface area contributed by atoms with Crippen LogP contribution in [-0.2, 0) is 16.1 Å². The van der Waals surface area contributed by atoms with Crippen LogP contribution in [0.15, 0.2) is 24.3 Å². The highest BCUT2D eigenvalue weighted by Crippen LogP contribution is 2.18. The zero-order chi connectivity index (χ0) is 17.4. The lowest BCUT2D eigenvalue weighted by atomic mass is 10.2. The molecule has 1 aromatic carbocycles. The van der Waals surface area contributed by atoms with Gasteiger partial charge in [-0.1, -0.05) is 0 Å². The molecule has 2 rings (SSSR count). The van der Waals surface area contributed by atoms with Crippen LogP contribution in [0.4, 0.5) is 5.69 Å². The summed E-state index contributed by atoms with van der Waals surface area (Å²) in [4.78, 5) is 23.1. The number of nitro groups is 1. The van der Waals surface area contributed by atoms with E-state index in [-0.39, 0.29) is 18.1 Å². The van der Waals surface area contributed by atoms with E-state index < -0.39 is 4.92 Å². The van der Waals surface area contributed by atoms with E-state index in [4.69, 9.17) is 4.74 Å². The van der Waals surface area contributed by atoms with Crippen molar-refractivity contribution in [2.75, 3.05) is 19.8 Å². The predicted molar refractivity (Wildman–Crippen MR) is 84.0 cm³/mol. The van der Waals surface area contributed by atoms with Gasteiger partial charge >= 0.3 is 0 Å². The monoisotopic (exact) mass is 334 g/mol. The highest BCUT2D eigenvalue weighted by molar-refractivity contribution is 5.75. The van der Waals surface area contributed by atoms with E-state index in [0.717, 1.165) is 6.42 Å². The fraction of sp³-hybridized carbons (Fsp3) is 0.429.